The number of allylic oxidation sites excluding steroid dienone is 1. The molecule has 3 aromatic rings. The lowest BCUT2D eigenvalue weighted by Crippen LogP contribution is -2.30. The van der Waals surface area contributed by atoms with Crippen molar-refractivity contribution in [2.24, 2.45) is 0 Å². The van der Waals surface area contributed by atoms with Gasteiger partial charge in [-0.3, -0.25) is 0 Å². The number of hydrogen-bond donors (Lipinski definition) is 1. The summed E-state index contributed by atoms with van der Waals surface area (Å²) in [5, 5.41) is 7.79. The fourth-order valence-electron chi connectivity index (χ4n) is 3.69. The van der Waals surface area contributed by atoms with Gasteiger partial charge in [0, 0.05) is 16.8 Å². The van der Waals surface area contributed by atoms with Crippen molar-refractivity contribution in [3.63, 3.8) is 0 Å². The van der Waals surface area contributed by atoms with Gasteiger partial charge in [-0.2, -0.15) is 4.98 Å². The smallest absolute Gasteiger partial charge is 0.338 e. The molecule has 0 amide bonds. The third kappa shape index (κ3) is 3.77. The number of ether oxygens (including phenoxy) is 3. The van der Waals surface area contributed by atoms with E-state index in [0.29, 0.717) is 45.7 Å². The molecule has 32 heavy (non-hydrogen) atoms. The van der Waals surface area contributed by atoms with Crippen LogP contribution in [0.4, 0.5) is 10.3 Å². The number of esters is 1. The monoisotopic (exact) mass is 438 g/mol. The summed E-state index contributed by atoms with van der Waals surface area (Å²) in [4.78, 5) is 17.5. The zero-order chi connectivity index (χ0) is 22.8. The van der Waals surface area contributed by atoms with Crippen molar-refractivity contribution in [3.8, 4) is 22.9 Å². The number of methoxy groups -OCH3 is 2. The molecular formula is C23H23FN4O4. The van der Waals surface area contributed by atoms with Crippen molar-refractivity contribution in [2.75, 3.05) is 26.1 Å². The van der Waals surface area contributed by atoms with Crippen LogP contribution in [0, 0.1) is 5.82 Å². The number of halogens is 1. The molecule has 0 saturated carbocycles. The minimum atomic E-state index is -0.683. The van der Waals surface area contributed by atoms with Gasteiger partial charge in [-0.1, -0.05) is 0 Å². The van der Waals surface area contributed by atoms with Gasteiger partial charge in [0.05, 0.1) is 26.4 Å². The van der Waals surface area contributed by atoms with E-state index in [9.17, 15) is 9.18 Å². The molecule has 1 unspecified atom stereocenters. The van der Waals surface area contributed by atoms with Crippen molar-refractivity contribution in [2.45, 2.75) is 19.9 Å². The van der Waals surface area contributed by atoms with E-state index in [0.717, 1.165) is 0 Å². The molecule has 0 spiro atoms. The summed E-state index contributed by atoms with van der Waals surface area (Å²) < 4.78 is 31.3. The normalized spacial score (nSPS) is 15.1. The molecule has 0 saturated heterocycles. The Labute approximate surface area is 184 Å². The third-order valence-electron chi connectivity index (χ3n) is 5.18. The largest absolute Gasteiger partial charge is 0.497 e. The maximum Gasteiger partial charge on any atom is 0.338 e. The zero-order valence-electron chi connectivity index (χ0n) is 18.2. The van der Waals surface area contributed by atoms with Gasteiger partial charge in [-0.25, -0.2) is 13.9 Å². The Morgan fingerprint density at radius 1 is 1.16 bits per heavy atom. The van der Waals surface area contributed by atoms with Gasteiger partial charge in [0.2, 0.25) is 5.95 Å². The number of fused-ring (bicyclic) bond motifs is 1. The molecule has 166 valence electrons. The molecule has 0 bridgehead atoms. The number of anilines is 1. The van der Waals surface area contributed by atoms with Gasteiger partial charge < -0.3 is 19.5 Å². The average molecular weight is 438 g/mol. The van der Waals surface area contributed by atoms with E-state index in [2.05, 4.69) is 15.4 Å². The lowest BCUT2D eigenvalue weighted by molar-refractivity contribution is -0.139. The van der Waals surface area contributed by atoms with Crippen LogP contribution in [0.5, 0.6) is 11.5 Å². The van der Waals surface area contributed by atoms with Crippen molar-refractivity contribution >= 4 is 11.9 Å². The van der Waals surface area contributed by atoms with Crippen LogP contribution in [0.2, 0.25) is 0 Å². The summed E-state index contributed by atoms with van der Waals surface area (Å²) in [6, 6.07) is 10.6. The van der Waals surface area contributed by atoms with Gasteiger partial charge in [0.15, 0.2) is 5.82 Å². The van der Waals surface area contributed by atoms with Gasteiger partial charge >= 0.3 is 5.97 Å². The van der Waals surface area contributed by atoms with Crippen molar-refractivity contribution in [3.05, 3.63) is 65.1 Å². The highest BCUT2D eigenvalue weighted by Crippen LogP contribution is 2.41. The lowest BCUT2D eigenvalue weighted by Gasteiger charge is -2.29. The third-order valence-corrected chi connectivity index (χ3v) is 5.18. The molecule has 4 rings (SSSR count). The molecule has 0 aliphatic carbocycles. The molecule has 9 heteroatoms. The van der Waals surface area contributed by atoms with Crippen LogP contribution in [0.3, 0.4) is 0 Å². The highest BCUT2D eigenvalue weighted by Gasteiger charge is 2.37. The van der Waals surface area contributed by atoms with Crippen molar-refractivity contribution < 1.29 is 23.4 Å². The predicted molar refractivity (Wildman–Crippen MR) is 116 cm³/mol. The zero-order valence-corrected chi connectivity index (χ0v) is 18.2. The second kappa shape index (κ2) is 8.70. The fourth-order valence-corrected chi connectivity index (χ4v) is 3.69. The highest BCUT2D eigenvalue weighted by molar-refractivity contribution is 5.92. The van der Waals surface area contributed by atoms with Crippen LogP contribution in [-0.4, -0.2) is 41.6 Å². The fraction of sp³-hybridized carbons (Fsp3) is 0.261. The topological polar surface area (TPSA) is 87.5 Å². The molecule has 1 aliphatic heterocycles. The number of nitrogens with one attached hydrogen (secondary N) is 1. The number of carbonyl (C=O) groups excluding carboxylic acids is 1. The first kappa shape index (κ1) is 21.4. The molecule has 1 aromatic heterocycles. The maximum absolute atomic E-state index is 13.4. The van der Waals surface area contributed by atoms with Gasteiger partial charge in [0.25, 0.3) is 0 Å². The lowest BCUT2D eigenvalue weighted by atomic mass is 9.94. The Morgan fingerprint density at radius 2 is 1.91 bits per heavy atom. The number of hydrogen-bond acceptors (Lipinski definition) is 7. The summed E-state index contributed by atoms with van der Waals surface area (Å²) >= 11 is 0. The van der Waals surface area contributed by atoms with E-state index in [1.165, 1.54) is 12.1 Å². The van der Waals surface area contributed by atoms with Gasteiger partial charge in [-0.05, 0) is 56.3 Å². The highest BCUT2D eigenvalue weighted by atomic mass is 19.1. The van der Waals surface area contributed by atoms with Crippen molar-refractivity contribution in [1.29, 1.82) is 0 Å². The molecule has 8 nitrogen and oxygen atoms in total. The van der Waals surface area contributed by atoms with Crippen LogP contribution in [0.25, 0.3) is 11.4 Å². The first-order chi connectivity index (χ1) is 15.5. The number of carbonyl (C=O) groups is 1. The first-order valence-electron chi connectivity index (χ1n) is 10.1. The van der Waals surface area contributed by atoms with E-state index in [-0.39, 0.29) is 12.4 Å². The quantitative estimate of drug-likeness (QED) is 0.583. The Morgan fingerprint density at radius 3 is 2.56 bits per heavy atom. The summed E-state index contributed by atoms with van der Waals surface area (Å²) in [7, 11) is 3.12. The van der Waals surface area contributed by atoms with Crippen molar-refractivity contribution in [1.82, 2.24) is 14.8 Å². The Hall–Kier alpha value is -3.88. The number of benzene rings is 2. The van der Waals surface area contributed by atoms with Crippen LogP contribution < -0.4 is 14.8 Å². The van der Waals surface area contributed by atoms with Crippen LogP contribution >= 0.6 is 0 Å². The molecule has 2 heterocycles. The molecule has 1 atom stereocenters. The predicted octanol–water partition coefficient (Wildman–Crippen LogP) is 3.95. The van der Waals surface area contributed by atoms with Crippen LogP contribution in [0.15, 0.2) is 53.7 Å². The van der Waals surface area contributed by atoms with E-state index in [1.54, 1.807) is 63.1 Å². The molecule has 0 radical (unpaired) electrons. The molecule has 2 aromatic carbocycles. The summed E-state index contributed by atoms with van der Waals surface area (Å²) in [5.41, 5.74) is 2.26. The van der Waals surface area contributed by atoms with Gasteiger partial charge in [-0.15, -0.1) is 5.10 Å². The number of rotatable bonds is 6. The standard InChI is InChI=1S/C23H23FN4O4/c1-5-32-22(29)19-13(2)25-23-26-21(14-6-8-15(24)9-7-14)27-28(23)20(19)17-12-16(30-3)10-11-18(17)31-4/h6-12,20H,5H2,1-4H3,(H,25,26,27). The van der Waals surface area contributed by atoms with Crippen LogP contribution in [0.1, 0.15) is 25.5 Å². The Kier molecular flexibility index (Phi) is 5.81. The van der Waals surface area contributed by atoms with E-state index >= 15 is 0 Å². The first-order valence-corrected chi connectivity index (χ1v) is 10.1. The number of nitrogens with zero attached hydrogens (tertiary/aromatic N) is 3. The molecule has 1 N–H and O–H groups in total. The average Bonchev–Trinajstić information content (AvgIpc) is 3.21. The minimum absolute atomic E-state index is 0.225. The number of aromatic nitrogens is 3. The second-order valence-corrected chi connectivity index (χ2v) is 7.11. The molecular weight excluding hydrogens is 415 g/mol. The van der Waals surface area contributed by atoms with E-state index in [4.69, 9.17) is 14.2 Å². The minimum Gasteiger partial charge on any atom is -0.497 e. The van der Waals surface area contributed by atoms with E-state index in [1.807, 2.05) is 0 Å². The second-order valence-electron chi connectivity index (χ2n) is 7.11. The summed E-state index contributed by atoms with van der Waals surface area (Å²) in [6.07, 6.45) is 0. The maximum atomic E-state index is 13.4. The summed E-state index contributed by atoms with van der Waals surface area (Å²) in [5.74, 6) is 1.15. The van der Waals surface area contributed by atoms with E-state index < -0.39 is 12.0 Å². The van der Waals surface area contributed by atoms with Crippen LogP contribution in [-0.2, 0) is 9.53 Å². The molecule has 0 fully saturated rings. The Balaban J connectivity index is 1.92. The Bertz CT molecular complexity index is 1190. The molecule has 1 aliphatic rings. The summed E-state index contributed by atoms with van der Waals surface area (Å²) in [6.45, 7) is 3.75. The SMILES string of the molecule is CCOC(=O)C1=C(C)Nc2nc(-c3ccc(F)cc3)nn2C1c1cc(OC)ccc1OC. The van der Waals surface area contributed by atoms with Gasteiger partial charge in [0.1, 0.15) is 23.4 Å².